The third-order valence-corrected chi connectivity index (χ3v) is 3.62. The van der Waals surface area contributed by atoms with Crippen LogP contribution in [0.5, 0.6) is 0 Å². The minimum Gasteiger partial charge on any atom is -0.443 e. The van der Waals surface area contributed by atoms with Crippen molar-refractivity contribution in [2.45, 2.75) is 65.4 Å². The second kappa shape index (κ2) is 8.48. The maximum atomic E-state index is 11.5. The molecular weight excluding hydrogens is 284 g/mol. The topological polar surface area (TPSA) is 80.2 Å². The maximum absolute atomic E-state index is 11.5. The van der Waals surface area contributed by atoms with Crippen LogP contribution in [0.2, 0.25) is 0 Å². The zero-order valence-corrected chi connectivity index (χ0v) is 14.3. The highest BCUT2D eigenvalue weighted by molar-refractivity contribution is 5.92. The molecule has 6 nitrogen and oxygen atoms in total. The number of unbranched alkanes of at least 4 members (excludes halogenated alkanes) is 1. The first-order chi connectivity index (χ1) is 10.3. The number of nitrogens with zero attached hydrogens (tertiary/aromatic N) is 1. The predicted molar refractivity (Wildman–Crippen MR) is 85.9 cm³/mol. The Bertz CT molecular complexity index is 380. The molecule has 0 spiro atoms. The second-order valence-electron chi connectivity index (χ2n) is 7.02. The molecule has 128 valence electrons. The summed E-state index contributed by atoms with van der Waals surface area (Å²) in [7, 11) is 0. The van der Waals surface area contributed by atoms with Crippen LogP contribution in [-0.4, -0.2) is 42.3 Å². The molecule has 0 atom stereocenters. The normalized spacial score (nSPS) is 21.2. The van der Waals surface area contributed by atoms with E-state index in [-0.39, 0.29) is 12.0 Å². The van der Waals surface area contributed by atoms with Gasteiger partial charge in [-0.2, -0.15) is 5.10 Å². The van der Waals surface area contributed by atoms with Crippen molar-refractivity contribution in [1.82, 2.24) is 5.43 Å². The van der Waals surface area contributed by atoms with E-state index in [1.54, 1.807) is 20.8 Å². The van der Waals surface area contributed by atoms with Crippen LogP contribution in [0.4, 0.5) is 4.79 Å². The molecule has 1 aliphatic rings. The summed E-state index contributed by atoms with van der Waals surface area (Å²) in [6.45, 7) is 9.10. The number of hydrogen-bond donors (Lipinski definition) is 2. The smallest absolute Gasteiger partial charge is 0.428 e. The number of hydrogen-bond acceptors (Lipinski definition) is 5. The lowest BCUT2D eigenvalue weighted by Crippen LogP contribution is -2.43. The van der Waals surface area contributed by atoms with Gasteiger partial charge in [-0.25, -0.2) is 10.2 Å². The van der Waals surface area contributed by atoms with Gasteiger partial charge in [0.2, 0.25) is 0 Å². The highest BCUT2D eigenvalue weighted by Gasteiger charge is 2.41. The maximum Gasteiger partial charge on any atom is 0.428 e. The third-order valence-electron chi connectivity index (χ3n) is 3.62. The molecule has 6 heteroatoms. The first-order valence-electron chi connectivity index (χ1n) is 8.03. The van der Waals surface area contributed by atoms with Crippen molar-refractivity contribution in [3.05, 3.63) is 0 Å². The van der Waals surface area contributed by atoms with Crippen LogP contribution >= 0.6 is 0 Å². The molecule has 1 amide bonds. The average molecular weight is 314 g/mol. The van der Waals surface area contributed by atoms with Crippen LogP contribution in [0.15, 0.2) is 5.10 Å². The van der Waals surface area contributed by atoms with E-state index in [0.29, 0.717) is 19.4 Å². The highest BCUT2D eigenvalue weighted by atomic mass is 16.6. The van der Waals surface area contributed by atoms with E-state index < -0.39 is 11.7 Å². The summed E-state index contributed by atoms with van der Waals surface area (Å²) >= 11 is 0. The Labute approximate surface area is 133 Å². The van der Waals surface area contributed by atoms with Gasteiger partial charge in [0, 0.05) is 30.9 Å². The van der Waals surface area contributed by atoms with Crippen molar-refractivity contribution in [2.24, 2.45) is 10.5 Å². The number of hydrazone groups is 1. The third kappa shape index (κ3) is 6.75. The summed E-state index contributed by atoms with van der Waals surface area (Å²) < 4.78 is 10.7. The summed E-state index contributed by atoms with van der Waals surface area (Å²) in [6.07, 6.45) is 3.84. The van der Waals surface area contributed by atoms with E-state index >= 15 is 0 Å². The number of ether oxygens (including phenoxy) is 2. The van der Waals surface area contributed by atoms with Crippen LogP contribution in [0, 0.1) is 5.41 Å². The van der Waals surface area contributed by atoms with Gasteiger partial charge in [0.1, 0.15) is 5.60 Å². The first kappa shape index (κ1) is 18.9. The van der Waals surface area contributed by atoms with Crippen molar-refractivity contribution in [2.75, 3.05) is 19.8 Å². The van der Waals surface area contributed by atoms with Gasteiger partial charge in [-0.3, -0.25) is 0 Å². The van der Waals surface area contributed by atoms with E-state index in [4.69, 9.17) is 9.47 Å². The molecule has 0 radical (unpaired) electrons. The summed E-state index contributed by atoms with van der Waals surface area (Å²) in [5.74, 6) is 0. The minimum atomic E-state index is -0.551. The van der Waals surface area contributed by atoms with E-state index in [0.717, 1.165) is 31.6 Å². The van der Waals surface area contributed by atoms with Gasteiger partial charge >= 0.3 is 6.09 Å². The molecule has 1 fully saturated rings. The molecule has 1 saturated carbocycles. The molecule has 0 aliphatic heterocycles. The average Bonchev–Trinajstić information content (AvgIpc) is 2.38. The van der Waals surface area contributed by atoms with E-state index in [1.807, 2.05) is 0 Å². The summed E-state index contributed by atoms with van der Waals surface area (Å²) in [4.78, 5) is 11.5. The molecule has 0 aromatic carbocycles. The predicted octanol–water partition coefficient (Wildman–Crippen LogP) is 2.85. The number of amides is 1. The lowest BCUT2D eigenvalue weighted by Gasteiger charge is -2.41. The van der Waals surface area contributed by atoms with Crippen molar-refractivity contribution >= 4 is 11.8 Å². The van der Waals surface area contributed by atoms with E-state index in [9.17, 15) is 9.90 Å². The molecule has 0 bridgehead atoms. The van der Waals surface area contributed by atoms with Crippen LogP contribution < -0.4 is 5.43 Å². The number of carbonyl (C=O) groups excluding carboxylic acids is 1. The molecule has 1 rings (SSSR count). The minimum absolute atomic E-state index is 0.121. The fraction of sp³-hybridized carbons (Fsp3) is 0.875. The lowest BCUT2D eigenvalue weighted by molar-refractivity contribution is 0.0466. The van der Waals surface area contributed by atoms with Crippen LogP contribution in [-0.2, 0) is 9.47 Å². The molecule has 2 N–H and O–H groups in total. The number of aliphatic hydroxyl groups is 1. The summed E-state index contributed by atoms with van der Waals surface area (Å²) in [5.41, 5.74) is 2.61. The Hall–Kier alpha value is -1.14. The van der Waals surface area contributed by atoms with Crippen LogP contribution in [0.1, 0.15) is 59.8 Å². The SMILES string of the molecule is CCCCOCCC1(CO)CC(=NNC(=O)OC(C)(C)C)C1. The monoisotopic (exact) mass is 314 g/mol. The summed E-state index contributed by atoms with van der Waals surface area (Å²) in [6, 6.07) is 0. The number of rotatable bonds is 8. The Balaban J connectivity index is 2.28. The van der Waals surface area contributed by atoms with E-state index in [2.05, 4.69) is 17.5 Å². The fourth-order valence-electron chi connectivity index (χ4n) is 2.32. The van der Waals surface area contributed by atoms with Crippen molar-refractivity contribution in [3.8, 4) is 0 Å². The van der Waals surface area contributed by atoms with Gasteiger partial charge in [-0.1, -0.05) is 13.3 Å². The molecule has 1 aliphatic carbocycles. The quantitative estimate of drug-likeness (QED) is 0.533. The molecular formula is C16H30N2O4. The van der Waals surface area contributed by atoms with Crippen molar-refractivity contribution in [3.63, 3.8) is 0 Å². The van der Waals surface area contributed by atoms with Gasteiger partial charge < -0.3 is 14.6 Å². The van der Waals surface area contributed by atoms with Gasteiger partial charge in [0.05, 0.1) is 0 Å². The highest BCUT2D eigenvalue weighted by Crippen LogP contribution is 2.41. The zero-order valence-electron chi connectivity index (χ0n) is 14.3. The van der Waals surface area contributed by atoms with Gasteiger partial charge in [-0.05, 0) is 46.5 Å². The van der Waals surface area contributed by atoms with Gasteiger partial charge in [0.15, 0.2) is 0 Å². The Morgan fingerprint density at radius 2 is 2.05 bits per heavy atom. The second-order valence-corrected chi connectivity index (χ2v) is 7.02. The molecule has 0 unspecified atom stereocenters. The van der Waals surface area contributed by atoms with Crippen LogP contribution in [0.3, 0.4) is 0 Å². The molecule has 0 heterocycles. The first-order valence-corrected chi connectivity index (χ1v) is 8.03. The van der Waals surface area contributed by atoms with Crippen LogP contribution in [0.25, 0.3) is 0 Å². The van der Waals surface area contributed by atoms with Crippen molar-refractivity contribution in [1.29, 1.82) is 0 Å². The zero-order chi connectivity index (χ0) is 16.6. The van der Waals surface area contributed by atoms with Crippen molar-refractivity contribution < 1.29 is 19.4 Å². The van der Waals surface area contributed by atoms with E-state index in [1.165, 1.54) is 0 Å². The Kier molecular flexibility index (Phi) is 7.29. The molecule has 0 aromatic rings. The van der Waals surface area contributed by atoms with Gasteiger partial charge in [-0.15, -0.1) is 0 Å². The number of carbonyl (C=O) groups is 1. The van der Waals surface area contributed by atoms with Gasteiger partial charge in [0.25, 0.3) is 0 Å². The Morgan fingerprint density at radius 3 is 2.59 bits per heavy atom. The Morgan fingerprint density at radius 1 is 1.36 bits per heavy atom. The largest absolute Gasteiger partial charge is 0.443 e. The molecule has 0 aromatic heterocycles. The fourth-order valence-corrected chi connectivity index (χ4v) is 2.32. The number of nitrogens with one attached hydrogen (secondary N) is 1. The standard InChI is InChI=1S/C16H30N2O4/c1-5-6-8-21-9-7-16(12-19)10-13(11-16)17-18-14(20)22-15(2,3)4/h19H,5-12H2,1-4H3,(H,18,20). The lowest BCUT2D eigenvalue weighted by atomic mass is 9.66. The number of aliphatic hydroxyl groups excluding tert-OH is 1. The molecule has 0 saturated heterocycles. The summed E-state index contributed by atoms with van der Waals surface area (Å²) in [5, 5.41) is 13.6. The molecule has 22 heavy (non-hydrogen) atoms.